The molecule has 96 valence electrons. The predicted molar refractivity (Wildman–Crippen MR) is 71.2 cm³/mol. The Bertz CT molecular complexity index is 361. The molecule has 4 heteroatoms. The largest absolute Gasteiger partial charge is 0.398 e. The van der Waals surface area contributed by atoms with E-state index in [4.69, 9.17) is 26.8 Å². The second-order valence-corrected chi connectivity index (χ2v) is 5.29. The lowest BCUT2D eigenvalue weighted by atomic mass is 10.2. The highest BCUT2D eigenvalue weighted by Crippen LogP contribution is 2.18. The first-order valence-corrected chi connectivity index (χ1v) is 6.02. The minimum atomic E-state index is -0.122. The van der Waals surface area contributed by atoms with Crippen molar-refractivity contribution in [1.29, 1.82) is 0 Å². The number of halogens is 1. The second-order valence-electron chi connectivity index (χ2n) is 4.86. The average molecular weight is 258 g/mol. The van der Waals surface area contributed by atoms with Gasteiger partial charge in [-0.15, -0.1) is 0 Å². The van der Waals surface area contributed by atoms with E-state index in [1.165, 1.54) is 0 Å². The Hall–Kier alpha value is -0.770. The number of nitrogens with two attached hydrogens (primary N) is 1. The Morgan fingerprint density at radius 2 is 1.94 bits per heavy atom. The molecule has 2 N–H and O–H groups in total. The number of benzene rings is 1. The van der Waals surface area contributed by atoms with Gasteiger partial charge in [0.05, 0.1) is 25.4 Å². The average Bonchev–Trinajstić information content (AvgIpc) is 2.18. The van der Waals surface area contributed by atoms with Crippen molar-refractivity contribution in [1.82, 2.24) is 0 Å². The molecule has 0 aliphatic carbocycles. The highest BCUT2D eigenvalue weighted by atomic mass is 35.5. The first-order valence-electron chi connectivity index (χ1n) is 5.64. The molecule has 3 nitrogen and oxygen atoms in total. The molecule has 1 rings (SSSR count). The van der Waals surface area contributed by atoms with Crippen LogP contribution in [-0.2, 0) is 16.1 Å². The minimum absolute atomic E-state index is 0.122. The van der Waals surface area contributed by atoms with E-state index >= 15 is 0 Å². The van der Waals surface area contributed by atoms with Crippen molar-refractivity contribution in [3.05, 3.63) is 28.8 Å². The summed E-state index contributed by atoms with van der Waals surface area (Å²) in [6.45, 7) is 7.67. The van der Waals surface area contributed by atoms with Gasteiger partial charge < -0.3 is 15.2 Å². The fourth-order valence-electron chi connectivity index (χ4n) is 1.29. The molecular weight excluding hydrogens is 238 g/mol. The van der Waals surface area contributed by atoms with Crippen LogP contribution in [0.5, 0.6) is 0 Å². The van der Waals surface area contributed by atoms with Crippen molar-refractivity contribution in [3.8, 4) is 0 Å². The molecule has 0 bridgehead atoms. The van der Waals surface area contributed by atoms with Gasteiger partial charge in [0, 0.05) is 16.3 Å². The van der Waals surface area contributed by atoms with Crippen LogP contribution in [0.25, 0.3) is 0 Å². The summed E-state index contributed by atoms with van der Waals surface area (Å²) in [5.41, 5.74) is 7.30. The van der Waals surface area contributed by atoms with E-state index in [-0.39, 0.29) is 5.60 Å². The van der Waals surface area contributed by atoms with Crippen molar-refractivity contribution in [2.75, 3.05) is 18.9 Å². The lowest BCUT2D eigenvalue weighted by Gasteiger charge is -2.19. The molecule has 1 aromatic rings. The maximum Gasteiger partial charge on any atom is 0.0738 e. The molecule has 1 aromatic carbocycles. The van der Waals surface area contributed by atoms with Gasteiger partial charge in [-0.2, -0.15) is 0 Å². The Morgan fingerprint density at radius 3 is 2.53 bits per heavy atom. The van der Waals surface area contributed by atoms with E-state index in [2.05, 4.69) is 0 Å². The highest BCUT2D eigenvalue weighted by Gasteiger charge is 2.09. The summed E-state index contributed by atoms with van der Waals surface area (Å²) in [6, 6.07) is 5.41. The van der Waals surface area contributed by atoms with E-state index in [0.29, 0.717) is 30.5 Å². The summed E-state index contributed by atoms with van der Waals surface area (Å²) in [5, 5.41) is 0.641. The van der Waals surface area contributed by atoms with Gasteiger partial charge in [0.15, 0.2) is 0 Å². The summed E-state index contributed by atoms with van der Waals surface area (Å²) in [6.07, 6.45) is 0. The Morgan fingerprint density at radius 1 is 1.24 bits per heavy atom. The molecule has 0 saturated heterocycles. The lowest BCUT2D eigenvalue weighted by molar-refractivity contribution is -0.0376. The topological polar surface area (TPSA) is 44.5 Å². The van der Waals surface area contributed by atoms with Crippen LogP contribution in [0.4, 0.5) is 5.69 Å². The minimum Gasteiger partial charge on any atom is -0.398 e. The summed E-state index contributed by atoms with van der Waals surface area (Å²) in [4.78, 5) is 0. The van der Waals surface area contributed by atoms with Gasteiger partial charge in [-0.3, -0.25) is 0 Å². The smallest absolute Gasteiger partial charge is 0.0738 e. The monoisotopic (exact) mass is 257 g/mol. The number of hydrogen-bond acceptors (Lipinski definition) is 3. The van der Waals surface area contributed by atoms with Crippen molar-refractivity contribution >= 4 is 17.3 Å². The van der Waals surface area contributed by atoms with Crippen LogP contribution in [0.3, 0.4) is 0 Å². The fraction of sp³-hybridized carbons (Fsp3) is 0.538. The van der Waals surface area contributed by atoms with E-state index < -0.39 is 0 Å². The number of anilines is 1. The molecule has 0 saturated carbocycles. The number of rotatable bonds is 5. The third-order valence-corrected chi connectivity index (χ3v) is 2.36. The molecule has 17 heavy (non-hydrogen) atoms. The van der Waals surface area contributed by atoms with Crippen molar-refractivity contribution < 1.29 is 9.47 Å². The first-order chi connectivity index (χ1) is 7.88. The van der Waals surface area contributed by atoms with Gasteiger partial charge in [-0.1, -0.05) is 17.7 Å². The predicted octanol–water partition coefficient (Wildman–Crippen LogP) is 3.25. The lowest BCUT2D eigenvalue weighted by Crippen LogP contribution is -2.21. The molecule has 0 atom stereocenters. The van der Waals surface area contributed by atoms with Crippen molar-refractivity contribution in [3.63, 3.8) is 0 Å². The van der Waals surface area contributed by atoms with E-state index in [9.17, 15) is 0 Å². The zero-order chi connectivity index (χ0) is 12.9. The van der Waals surface area contributed by atoms with Crippen LogP contribution >= 0.6 is 11.6 Å². The zero-order valence-electron chi connectivity index (χ0n) is 10.6. The van der Waals surface area contributed by atoms with E-state index in [0.717, 1.165) is 5.56 Å². The molecule has 0 fully saturated rings. The van der Waals surface area contributed by atoms with Crippen molar-refractivity contribution in [2.45, 2.75) is 33.0 Å². The normalized spacial score (nSPS) is 11.8. The number of hydrogen-bond donors (Lipinski definition) is 1. The van der Waals surface area contributed by atoms with Crippen LogP contribution in [0, 0.1) is 0 Å². The summed E-state index contributed by atoms with van der Waals surface area (Å²) in [5.74, 6) is 0. The Labute approximate surface area is 108 Å². The maximum absolute atomic E-state index is 5.81. The second kappa shape index (κ2) is 6.24. The fourth-order valence-corrected chi connectivity index (χ4v) is 1.47. The molecule has 0 spiro atoms. The summed E-state index contributed by atoms with van der Waals surface area (Å²) >= 11 is 5.81. The van der Waals surface area contributed by atoms with Crippen LogP contribution in [0.1, 0.15) is 26.3 Å². The first kappa shape index (κ1) is 14.3. The quantitative estimate of drug-likeness (QED) is 0.651. The highest BCUT2D eigenvalue weighted by molar-refractivity contribution is 6.30. The molecule has 0 amide bonds. The van der Waals surface area contributed by atoms with Crippen LogP contribution in [-0.4, -0.2) is 18.8 Å². The molecule has 0 aromatic heterocycles. The zero-order valence-corrected chi connectivity index (χ0v) is 11.4. The van der Waals surface area contributed by atoms with Gasteiger partial charge in [0.2, 0.25) is 0 Å². The Balaban J connectivity index is 2.27. The summed E-state index contributed by atoms with van der Waals surface area (Å²) < 4.78 is 11.0. The molecule has 0 aliphatic rings. The van der Waals surface area contributed by atoms with Gasteiger partial charge >= 0.3 is 0 Å². The third kappa shape index (κ3) is 5.91. The molecule has 0 heterocycles. The summed E-state index contributed by atoms with van der Waals surface area (Å²) in [7, 11) is 0. The van der Waals surface area contributed by atoms with Gasteiger partial charge in [-0.25, -0.2) is 0 Å². The Kier molecular flexibility index (Phi) is 5.25. The van der Waals surface area contributed by atoms with E-state index in [1.807, 2.05) is 32.9 Å². The molecule has 0 aliphatic heterocycles. The van der Waals surface area contributed by atoms with E-state index in [1.54, 1.807) is 6.07 Å². The maximum atomic E-state index is 5.81. The number of nitrogen functional groups attached to an aromatic ring is 1. The van der Waals surface area contributed by atoms with Crippen molar-refractivity contribution in [2.24, 2.45) is 0 Å². The van der Waals surface area contributed by atoms with Crippen LogP contribution in [0.15, 0.2) is 18.2 Å². The standard InChI is InChI=1S/C13H20ClNO2/c1-13(2,3)17-7-6-16-9-10-4-5-11(14)8-12(10)15/h4-5,8H,6-7,9,15H2,1-3H3. The van der Waals surface area contributed by atoms with Gasteiger partial charge in [0.1, 0.15) is 0 Å². The van der Waals surface area contributed by atoms with Gasteiger partial charge in [0.25, 0.3) is 0 Å². The molecule has 0 unspecified atom stereocenters. The third-order valence-electron chi connectivity index (χ3n) is 2.13. The SMILES string of the molecule is CC(C)(C)OCCOCc1ccc(Cl)cc1N. The molecule has 0 radical (unpaired) electrons. The van der Waals surface area contributed by atoms with Crippen LogP contribution in [0.2, 0.25) is 5.02 Å². The number of ether oxygens (including phenoxy) is 2. The van der Waals surface area contributed by atoms with Gasteiger partial charge in [-0.05, 0) is 32.9 Å². The molecular formula is C13H20ClNO2. The van der Waals surface area contributed by atoms with Crippen LogP contribution < -0.4 is 5.73 Å².